The topological polar surface area (TPSA) is 108 Å². The number of anilines is 3. The first-order valence-electron chi connectivity index (χ1n) is 11.6. The minimum Gasteiger partial charge on any atom is -0.459 e. The fourth-order valence-electron chi connectivity index (χ4n) is 4.33. The van der Waals surface area contributed by atoms with Crippen LogP contribution < -0.4 is 10.2 Å². The Kier molecular flexibility index (Phi) is 5.84. The minimum absolute atomic E-state index is 0.117. The van der Waals surface area contributed by atoms with Crippen LogP contribution in [0.15, 0.2) is 36.7 Å². The van der Waals surface area contributed by atoms with Crippen LogP contribution in [0, 0.1) is 22.7 Å². The molecule has 4 rings (SSSR count). The number of nitriles is 1. The summed E-state index contributed by atoms with van der Waals surface area (Å²) in [6.07, 6.45) is 5.70. The monoisotopic (exact) mass is 461 g/mol. The molecule has 1 aliphatic carbocycles. The molecule has 178 valence electrons. The zero-order chi connectivity index (χ0) is 24.7. The Morgan fingerprint density at radius 3 is 2.41 bits per heavy atom. The van der Waals surface area contributed by atoms with Gasteiger partial charge in [0, 0.05) is 30.7 Å². The number of esters is 1. The lowest BCUT2D eigenvalue weighted by molar-refractivity contribution is -0.160. The van der Waals surface area contributed by atoms with Gasteiger partial charge in [0.2, 0.25) is 5.91 Å². The van der Waals surface area contributed by atoms with Crippen molar-refractivity contribution in [2.24, 2.45) is 11.3 Å². The second kappa shape index (κ2) is 8.39. The van der Waals surface area contributed by atoms with Crippen LogP contribution in [0.25, 0.3) is 0 Å². The van der Waals surface area contributed by atoms with Crippen molar-refractivity contribution in [2.45, 2.75) is 64.9 Å². The molecule has 0 radical (unpaired) electrons. The summed E-state index contributed by atoms with van der Waals surface area (Å²) >= 11 is 0. The molecular formula is C26H31N5O3. The van der Waals surface area contributed by atoms with Gasteiger partial charge in [-0.25, -0.2) is 9.97 Å². The van der Waals surface area contributed by atoms with Crippen LogP contribution in [0.1, 0.15) is 59.4 Å². The normalized spacial score (nSPS) is 20.7. The highest BCUT2D eigenvalue weighted by atomic mass is 16.6. The predicted octanol–water partition coefficient (Wildman–Crippen LogP) is 4.50. The molecular weight excluding hydrogens is 430 g/mol. The highest BCUT2D eigenvalue weighted by Gasteiger charge is 2.56. The molecule has 1 N–H and O–H groups in total. The van der Waals surface area contributed by atoms with Crippen molar-refractivity contribution in [2.75, 3.05) is 16.8 Å². The van der Waals surface area contributed by atoms with Gasteiger partial charge < -0.3 is 15.0 Å². The summed E-state index contributed by atoms with van der Waals surface area (Å²) in [6.45, 7) is 9.68. The molecule has 2 aromatic rings. The van der Waals surface area contributed by atoms with Crippen LogP contribution in [-0.4, -0.2) is 34.0 Å². The second-order valence-electron chi connectivity index (χ2n) is 10.6. The summed E-state index contributed by atoms with van der Waals surface area (Å²) in [4.78, 5) is 36.3. The van der Waals surface area contributed by atoms with E-state index in [0.29, 0.717) is 30.3 Å². The quantitative estimate of drug-likeness (QED) is 0.631. The van der Waals surface area contributed by atoms with Crippen LogP contribution in [0.2, 0.25) is 0 Å². The van der Waals surface area contributed by atoms with Gasteiger partial charge >= 0.3 is 5.97 Å². The lowest BCUT2D eigenvalue weighted by atomic mass is 9.83. The molecule has 0 unspecified atom stereocenters. The largest absolute Gasteiger partial charge is 0.459 e. The van der Waals surface area contributed by atoms with Crippen LogP contribution in [0.4, 0.5) is 17.3 Å². The van der Waals surface area contributed by atoms with Gasteiger partial charge in [0.25, 0.3) is 0 Å². The minimum atomic E-state index is -0.889. The Labute approximate surface area is 200 Å². The number of nitrogens with one attached hydrogen (secondary N) is 1. The van der Waals surface area contributed by atoms with Crippen LogP contribution >= 0.6 is 0 Å². The molecule has 1 amide bonds. The number of rotatable bonds is 6. The van der Waals surface area contributed by atoms with E-state index in [2.05, 4.69) is 21.4 Å². The molecule has 2 fully saturated rings. The van der Waals surface area contributed by atoms with Gasteiger partial charge in [0.05, 0.1) is 11.5 Å². The van der Waals surface area contributed by atoms with Crippen LogP contribution in [-0.2, 0) is 19.7 Å². The Morgan fingerprint density at radius 2 is 1.79 bits per heavy atom. The first-order chi connectivity index (χ1) is 16.0. The number of ether oxygens (including phenoxy) is 1. The van der Waals surface area contributed by atoms with Crippen molar-refractivity contribution in [3.8, 4) is 6.07 Å². The molecule has 1 aliphatic heterocycles. The average Bonchev–Trinajstić information content (AvgIpc) is 3.57. The third kappa shape index (κ3) is 4.47. The smallest absolute Gasteiger partial charge is 0.316 e. The van der Waals surface area contributed by atoms with E-state index in [4.69, 9.17) is 4.74 Å². The van der Waals surface area contributed by atoms with Gasteiger partial charge in [0.1, 0.15) is 22.7 Å². The van der Waals surface area contributed by atoms with Gasteiger partial charge in [-0.05, 0) is 83.6 Å². The Hall–Kier alpha value is -3.47. The van der Waals surface area contributed by atoms with Gasteiger partial charge in [0.15, 0.2) is 0 Å². The van der Waals surface area contributed by atoms with Gasteiger partial charge in [-0.3, -0.25) is 9.59 Å². The average molecular weight is 462 g/mol. The van der Waals surface area contributed by atoms with Crippen molar-refractivity contribution in [1.29, 1.82) is 5.26 Å². The number of carbonyl (C=O) groups excluding carboxylic acids is 2. The molecule has 34 heavy (non-hydrogen) atoms. The van der Waals surface area contributed by atoms with Crippen molar-refractivity contribution >= 4 is 29.2 Å². The van der Waals surface area contributed by atoms with Crippen molar-refractivity contribution in [3.63, 3.8) is 0 Å². The standard InChI is InChI=1S/C26H31N5O3/c1-24(2,3)34-23(33)25(4,5)18-8-11-28-20(14-18)30-21-15-19(9-12-29-21)31-13-10-26(16-27,22(31)32)17-6-7-17/h8-9,11-12,14-15,17H,6-7,10,13H2,1-5H3,(H,28,29,30)/t26-/m1/s1. The highest BCUT2D eigenvalue weighted by molar-refractivity contribution is 6.02. The van der Waals surface area contributed by atoms with Crippen molar-refractivity contribution < 1.29 is 14.3 Å². The van der Waals surface area contributed by atoms with Gasteiger partial charge in [-0.15, -0.1) is 0 Å². The third-order valence-electron chi connectivity index (χ3n) is 6.53. The van der Waals surface area contributed by atoms with Crippen LogP contribution in [0.5, 0.6) is 0 Å². The number of aromatic nitrogens is 2. The molecule has 1 saturated carbocycles. The number of carbonyl (C=O) groups is 2. The van der Waals surface area contributed by atoms with E-state index in [1.807, 2.05) is 34.6 Å². The van der Waals surface area contributed by atoms with Crippen molar-refractivity contribution in [3.05, 3.63) is 42.2 Å². The predicted molar refractivity (Wildman–Crippen MR) is 128 cm³/mol. The Bertz CT molecular complexity index is 1160. The van der Waals surface area contributed by atoms with Gasteiger partial charge in [-0.2, -0.15) is 5.26 Å². The summed E-state index contributed by atoms with van der Waals surface area (Å²) in [5.74, 6) is 0.784. The highest BCUT2D eigenvalue weighted by Crippen LogP contribution is 2.52. The van der Waals surface area contributed by atoms with Crippen molar-refractivity contribution in [1.82, 2.24) is 9.97 Å². The maximum atomic E-state index is 13.1. The Balaban J connectivity index is 1.53. The first-order valence-corrected chi connectivity index (χ1v) is 11.6. The zero-order valence-electron chi connectivity index (χ0n) is 20.4. The lowest BCUT2D eigenvalue weighted by Crippen LogP contribution is -2.36. The lowest BCUT2D eigenvalue weighted by Gasteiger charge is -2.29. The maximum absolute atomic E-state index is 13.1. The summed E-state index contributed by atoms with van der Waals surface area (Å²) in [5, 5.41) is 12.9. The molecule has 1 atom stereocenters. The molecule has 8 heteroatoms. The molecule has 2 aromatic heterocycles. The number of pyridine rings is 2. The van der Waals surface area contributed by atoms with Crippen LogP contribution in [0.3, 0.4) is 0 Å². The SMILES string of the molecule is CC(C)(C)OC(=O)C(C)(C)c1ccnc(Nc2cc(N3CC[C@@](C#N)(C4CC4)C3=O)ccn2)c1. The summed E-state index contributed by atoms with van der Waals surface area (Å²) in [5.41, 5.74) is -0.880. The first kappa shape index (κ1) is 23.7. The summed E-state index contributed by atoms with van der Waals surface area (Å²) in [6, 6.07) is 9.47. The molecule has 0 spiro atoms. The van der Waals surface area contributed by atoms with Gasteiger partial charge in [-0.1, -0.05) is 0 Å². The zero-order valence-corrected chi connectivity index (χ0v) is 20.4. The molecule has 2 aliphatic rings. The fourth-order valence-corrected chi connectivity index (χ4v) is 4.33. The molecule has 1 saturated heterocycles. The number of hydrogen-bond acceptors (Lipinski definition) is 7. The number of amides is 1. The molecule has 8 nitrogen and oxygen atoms in total. The van der Waals surface area contributed by atoms with E-state index in [0.717, 1.165) is 18.4 Å². The van der Waals surface area contributed by atoms with E-state index in [1.165, 1.54) is 0 Å². The van der Waals surface area contributed by atoms with E-state index < -0.39 is 16.4 Å². The number of nitrogens with zero attached hydrogens (tertiary/aromatic N) is 4. The fraction of sp³-hybridized carbons (Fsp3) is 0.500. The second-order valence-corrected chi connectivity index (χ2v) is 10.6. The van der Waals surface area contributed by atoms with E-state index in [-0.39, 0.29) is 17.8 Å². The maximum Gasteiger partial charge on any atom is 0.316 e. The summed E-state index contributed by atoms with van der Waals surface area (Å²) in [7, 11) is 0. The molecule has 0 aromatic carbocycles. The van der Waals surface area contributed by atoms with E-state index in [9.17, 15) is 14.9 Å². The number of hydrogen-bond donors (Lipinski definition) is 1. The summed E-state index contributed by atoms with van der Waals surface area (Å²) < 4.78 is 5.59. The van der Waals surface area contributed by atoms with E-state index in [1.54, 1.807) is 41.6 Å². The van der Waals surface area contributed by atoms with E-state index >= 15 is 0 Å². The molecule has 3 heterocycles. The molecule has 0 bridgehead atoms. The third-order valence-corrected chi connectivity index (χ3v) is 6.53. The Morgan fingerprint density at radius 1 is 1.15 bits per heavy atom.